The van der Waals surface area contributed by atoms with Crippen molar-refractivity contribution < 1.29 is 13.2 Å². The monoisotopic (exact) mass is 355 g/mol. The molecule has 0 saturated heterocycles. The molecule has 1 amide bonds. The highest BCUT2D eigenvalue weighted by Crippen LogP contribution is 2.23. The summed E-state index contributed by atoms with van der Waals surface area (Å²) in [5.74, 6) is 0.133. The first-order valence-corrected chi connectivity index (χ1v) is 9.81. The average molecular weight is 355 g/mol. The quantitative estimate of drug-likeness (QED) is 0.722. The number of carbonyl (C=O) groups excluding carboxylic acids is 1. The number of nitriles is 1. The minimum absolute atomic E-state index is 0.153. The van der Waals surface area contributed by atoms with E-state index < -0.39 is 10.0 Å². The lowest BCUT2D eigenvalue weighted by molar-refractivity contribution is -0.113. The minimum Gasteiger partial charge on any atom is -0.325 e. The molecule has 0 spiro atoms. The lowest BCUT2D eigenvalue weighted by Crippen LogP contribution is -2.30. The van der Waals surface area contributed by atoms with Gasteiger partial charge in [-0.2, -0.15) is 9.57 Å². The van der Waals surface area contributed by atoms with Crippen LogP contribution < -0.4 is 5.32 Å². The number of hydrogen-bond donors (Lipinski definition) is 1. The van der Waals surface area contributed by atoms with E-state index in [1.54, 1.807) is 32.9 Å². The molecule has 0 aliphatic carbocycles. The van der Waals surface area contributed by atoms with E-state index >= 15 is 0 Å². The third-order valence-corrected chi connectivity index (χ3v) is 6.07. The van der Waals surface area contributed by atoms with Crippen LogP contribution in [0.25, 0.3) is 0 Å². The summed E-state index contributed by atoms with van der Waals surface area (Å²) >= 11 is 1.21. The zero-order valence-corrected chi connectivity index (χ0v) is 15.1. The second kappa shape index (κ2) is 8.91. The van der Waals surface area contributed by atoms with E-state index in [2.05, 4.69) is 5.32 Å². The van der Waals surface area contributed by atoms with Gasteiger partial charge >= 0.3 is 0 Å². The third kappa shape index (κ3) is 5.23. The van der Waals surface area contributed by atoms with Gasteiger partial charge in [-0.1, -0.05) is 19.9 Å². The van der Waals surface area contributed by atoms with E-state index in [0.717, 1.165) is 5.56 Å². The molecule has 0 bridgehead atoms. The molecule has 0 aliphatic heterocycles. The number of sulfonamides is 1. The number of benzene rings is 1. The predicted molar refractivity (Wildman–Crippen MR) is 92.9 cm³/mol. The van der Waals surface area contributed by atoms with Crippen molar-refractivity contribution >= 4 is 33.4 Å². The Morgan fingerprint density at radius 3 is 2.57 bits per heavy atom. The summed E-state index contributed by atoms with van der Waals surface area (Å²) in [5.41, 5.74) is 1.25. The molecule has 0 radical (unpaired) electrons. The van der Waals surface area contributed by atoms with Gasteiger partial charge in [0.15, 0.2) is 0 Å². The van der Waals surface area contributed by atoms with Crippen LogP contribution in [0, 0.1) is 18.3 Å². The van der Waals surface area contributed by atoms with E-state index in [9.17, 15) is 13.2 Å². The van der Waals surface area contributed by atoms with Gasteiger partial charge in [0.25, 0.3) is 0 Å². The van der Waals surface area contributed by atoms with Crippen molar-refractivity contribution in [3.63, 3.8) is 0 Å². The number of nitrogens with zero attached hydrogens (tertiary/aromatic N) is 2. The van der Waals surface area contributed by atoms with E-state index in [4.69, 9.17) is 5.26 Å². The van der Waals surface area contributed by atoms with Gasteiger partial charge in [0.1, 0.15) is 0 Å². The van der Waals surface area contributed by atoms with Gasteiger partial charge in [-0.05, 0) is 24.6 Å². The van der Waals surface area contributed by atoms with Crippen molar-refractivity contribution in [2.75, 3.05) is 29.9 Å². The zero-order chi connectivity index (χ0) is 17.5. The largest absolute Gasteiger partial charge is 0.325 e. The maximum atomic E-state index is 12.5. The van der Waals surface area contributed by atoms with E-state index in [0.29, 0.717) is 18.8 Å². The van der Waals surface area contributed by atoms with Gasteiger partial charge in [-0.25, -0.2) is 8.42 Å². The number of carbonyl (C=O) groups is 1. The maximum absolute atomic E-state index is 12.5. The Morgan fingerprint density at radius 1 is 1.35 bits per heavy atom. The number of anilines is 1. The van der Waals surface area contributed by atoms with Gasteiger partial charge in [-0.3, -0.25) is 4.79 Å². The van der Waals surface area contributed by atoms with Crippen LogP contribution in [0.5, 0.6) is 0 Å². The molecule has 1 rings (SSSR count). The number of amides is 1. The Kier molecular flexibility index (Phi) is 7.55. The Morgan fingerprint density at radius 2 is 2.00 bits per heavy atom. The average Bonchev–Trinajstić information content (AvgIpc) is 2.50. The number of hydrogen-bond acceptors (Lipinski definition) is 5. The topological polar surface area (TPSA) is 90.3 Å². The van der Waals surface area contributed by atoms with Gasteiger partial charge in [0, 0.05) is 18.8 Å². The highest BCUT2D eigenvalue weighted by molar-refractivity contribution is 8.00. The molecule has 126 valence electrons. The molecule has 0 atom stereocenters. The number of thioether (sulfide) groups is 1. The summed E-state index contributed by atoms with van der Waals surface area (Å²) in [7, 11) is -3.56. The molecular formula is C15H21N3O3S2. The van der Waals surface area contributed by atoms with Crippen LogP contribution in [-0.2, 0) is 14.8 Å². The van der Waals surface area contributed by atoms with E-state index in [-0.39, 0.29) is 22.3 Å². The second-order valence-electron chi connectivity index (χ2n) is 4.77. The lowest BCUT2D eigenvalue weighted by Gasteiger charge is -2.19. The minimum atomic E-state index is -3.56. The molecule has 0 fully saturated rings. The van der Waals surface area contributed by atoms with Crippen LogP contribution >= 0.6 is 11.8 Å². The van der Waals surface area contributed by atoms with E-state index in [1.807, 2.05) is 6.07 Å². The Bertz CT molecular complexity index is 692. The molecule has 1 aromatic carbocycles. The van der Waals surface area contributed by atoms with Crippen molar-refractivity contribution in [2.24, 2.45) is 0 Å². The molecule has 0 heterocycles. The van der Waals surface area contributed by atoms with Gasteiger partial charge in [-0.15, -0.1) is 11.8 Å². The Balaban J connectivity index is 3.00. The molecule has 6 nitrogen and oxygen atoms in total. The van der Waals surface area contributed by atoms with Crippen LogP contribution in [-0.4, -0.2) is 43.2 Å². The van der Waals surface area contributed by atoms with Crippen LogP contribution in [0.15, 0.2) is 23.1 Å². The fourth-order valence-electron chi connectivity index (χ4n) is 1.98. The predicted octanol–water partition coefficient (Wildman–Crippen LogP) is 2.22. The summed E-state index contributed by atoms with van der Waals surface area (Å²) in [4.78, 5) is 12.0. The summed E-state index contributed by atoms with van der Waals surface area (Å²) in [5, 5.41) is 11.2. The first kappa shape index (κ1) is 19.5. The van der Waals surface area contributed by atoms with Crippen LogP contribution in [0.2, 0.25) is 0 Å². The zero-order valence-electron chi connectivity index (χ0n) is 13.5. The van der Waals surface area contributed by atoms with Gasteiger partial charge < -0.3 is 5.32 Å². The van der Waals surface area contributed by atoms with Crippen molar-refractivity contribution in [1.82, 2.24) is 4.31 Å². The first-order chi connectivity index (χ1) is 10.9. The summed E-state index contributed by atoms with van der Waals surface area (Å²) in [6, 6.07) is 6.65. The standard InChI is InChI=1S/C15H21N3O3S2/c1-4-18(5-2)23(20,21)13-7-6-12(3)14(10-13)17-15(19)11-22-9-8-16/h6-7,10H,4-5,9,11H2,1-3H3,(H,17,19). The summed E-state index contributed by atoms with van der Waals surface area (Å²) < 4.78 is 26.4. The van der Waals surface area contributed by atoms with Crippen molar-refractivity contribution in [2.45, 2.75) is 25.7 Å². The number of rotatable bonds is 8. The molecule has 0 saturated carbocycles. The van der Waals surface area contributed by atoms with E-state index in [1.165, 1.54) is 22.1 Å². The molecule has 1 aromatic rings. The molecule has 8 heteroatoms. The fraction of sp³-hybridized carbons (Fsp3) is 0.467. The summed E-state index contributed by atoms with van der Waals surface area (Å²) in [6.07, 6.45) is 0. The van der Waals surface area contributed by atoms with Gasteiger partial charge in [0.05, 0.1) is 22.5 Å². The van der Waals surface area contributed by atoms with Crippen LogP contribution in [0.3, 0.4) is 0 Å². The van der Waals surface area contributed by atoms with Gasteiger partial charge in [0.2, 0.25) is 15.9 Å². The molecule has 0 unspecified atom stereocenters. The van der Waals surface area contributed by atoms with Crippen LogP contribution in [0.4, 0.5) is 5.69 Å². The highest BCUT2D eigenvalue weighted by atomic mass is 32.2. The van der Waals surface area contributed by atoms with Crippen molar-refractivity contribution in [3.05, 3.63) is 23.8 Å². The Hall–Kier alpha value is -1.56. The normalized spacial score (nSPS) is 11.3. The smallest absolute Gasteiger partial charge is 0.243 e. The Labute approximate surface area is 141 Å². The molecule has 1 N–H and O–H groups in total. The second-order valence-corrected chi connectivity index (χ2v) is 7.69. The van der Waals surface area contributed by atoms with Crippen molar-refractivity contribution in [3.8, 4) is 6.07 Å². The molecular weight excluding hydrogens is 334 g/mol. The number of nitrogens with one attached hydrogen (secondary N) is 1. The highest BCUT2D eigenvalue weighted by Gasteiger charge is 2.22. The molecule has 23 heavy (non-hydrogen) atoms. The molecule has 0 aliphatic rings. The van der Waals surface area contributed by atoms with Crippen LogP contribution in [0.1, 0.15) is 19.4 Å². The SMILES string of the molecule is CCN(CC)S(=O)(=O)c1ccc(C)c(NC(=O)CSCC#N)c1. The first-order valence-electron chi connectivity index (χ1n) is 7.22. The summed E-state index contributed by atoms with van der Waals surface area (Å²) in [6.45, 7) is 6.14. The fourth-order valence-corrected chi connectivity index (χ4v) is 3.92. The molecule has 0 aromatic heterocycles. The third-order valence-electron chi connectivity index (χ3n) is 3.23. The lowest BCUT2D eigenvalue weighted by atomic mass is 10.2. The van der Waals surface area contributed by atoms with Crippen molar-refractivity contribution in [1.29, 1.82) is 5.26 Å². The maximum Gasteiger partial charge on any atom is 0.243 e. The number of aryl methyl sites for hydroxylation is 1.